The van der Waals surface area contributed by atoms with E-state index in [9.17, 15) is 15.3 Å². The molecule has 0 aromatic carbocycles. The molecule has 3 atom stereocenters. The molecule has 3 N–H and O–H groups in total. The van der Waals surface area contributed by atoms with Crippen LogP contribution in [0.15, 0.2) is 118 Å². The number of hydrogen-bond donors (Lipinski definition) is 3. The van der Waals surface area contributed by atoms with Crippen LogP contribution in [0.5, 0.6) is 0 Å². The average molecular weight is 583 g/mol. The fourth-order valence-electron chi connectivity index (χ4n) is 5.85. The molecule has 0 saturated carbocycles. The Kier molecular flexibility index (Phi) is 13.0. The Balaban J connectivity index is 1.94. The van der Waals surface area contributed by atoms with Crippen molar-refractivity contribution in [3.63, 3.8) is 0 Å². The Bertz CT molecular complexity index is 1380. The normalized spacial score (nSPS) is 27.4. The first-order chi connectivity index (χ1) is 20.0. The highest BCUT2D eigenvalue weighted by molar-refractivity contribution is 5.45. The van der Waals surface area contributed by atoms with Gasteiger partial charge in [0.1, 0.15) is 5.60 Å². The Morgan fingerprint density at radius 2 is 1.33 bits per heavy atom. The van der Waals surface area contributed by atoms with E-state index < -0.39 is 17.1 Å². The van der Waals surface area contributed by atoms with Crippen LogP contribution in [0, 0.1) is 22.7 Å². The van der Waals surface area contributed by atoms with Gasteiger partial charge in [0, 0.05) is 16.4 Å². The third kappa shape index (κ3) is 10.8. The summed E-state index contributed by atoms with van der Waals surface area (Å²) in [6, 6.07) is 0. The Morgan fingerprint density at radius 1 is 0.791 bits per heavy atom. The average Bonchev–Trinajstić information content (AvgIpc) is 2.87. The van der Waals surface area contributed by atoms with Crippen molar-refractivity contribution in [2.45, 2.75) is 106 Å². The highest BCUT2D eigenvalue weighted by Gasteiger charge is 2.46. The first-order valence-electron chi connectivity index (χ1n) is 15.4. The predicted octanol–water partition coefficient (Wildman–Crippen LogP) is 8.97. The van der Waals surface area contributed by atoms with Crippen molar-refractivity contribution in [1.29, 1.82) is 0 Å². The second-order valence-electron chi connectivity index (χ2n) is 13.6. The van der Waals surface area contributed by atoms with Crippen LogP contribution in [0.2, 0.25) is 0 Å². The van der Waals surface area contributed by atoms with Gasteiger partial charge in [-0.1, -0.05) is 135 Å². The molecule has 232 valence electrons. The minimum absolute atomic E-state index is 0.0912. The number of allylic oxidation sites excluding steroid dienone is 16. The van der Waals surface area contributed by atoms with Crippen molar-refractivity contribution in [2.75, 3.05) is 0 Å². The van der Waals surface area contributed by atoms with Crippen molar-refractivity contribution in [1.82, 2.24) is 0 Å². The number of hydrogen-bond acceptors (Lipinski definition) is 3. The van der Waals surface area contributed by atoms with Crippen LogP contribution in [-0.4, -0.2) is 33.1 Å². The third-order valence-corrected chi connectivity index (χ3v) is 8.41. The molecule has 3 heteroatoms. The SMILES string of the molecule is CC1=C[C@H](O)CC(C)(C)[C@@]1(O)/C=C/C(C)=C/C=C/C(C)=C/C=C/C=C(C)/C=C/C=C(\C)C#CC1=C(C)C[C@@H](O)CC1(C)C. The van der Waals surface area contributed by atoms with E-state index in [1.807, 2.05) is 83.2 Å². The number of aliphatic hydroxyl groups is 3. The molecule has 2 rings (SSSR count). The summed E-state index contributed by atoms with van der Waals surface area (Å²) < 4.78 is 0. The highest BCUT2D eigenvalue weighted by Crippen LogP contribution is 2.45. The molecular weight excluding hydrogens is 528 g/mol. The van der Waals surface area contributed by atoms with Gasteiger partial charge in [-0.25, -0.2) is 0 Å². The minimum Gasteiger partial charge on any atom is -0.393 e. The molecule has 0 bridgehead atoms. The van der Waals surface area contributed by atoms with Crippen LogP contribution in [0.3, 0.4) is 0 Å². The van der Waals surface area contributed by atoms with Gasteiger partial charge < -0.3 is 15.3 Å². The monoisotopic (exact) mass is 582 g/mol. The quantitative estimate of drug-likeness (QED) is 0.152. The molecule has 0 amide bonds. The van der Waals surface area contributed by atoms with Gasteiger partial charge in [-0.3, -0.25) is 0 Å². The summed E-state index contributed by atoms with van der Waals surface area (Å²) in [4.78, 5) is 0. The summed E-state index contributed by atoms with van der Waals surface area (Å²) in [5.41, 5.74) is 5.83. The van der Waals surface area contributed by atoms with Crippen molar-refractivity contribution >= 4 is 0 Å². The van der Waals surface area contributed by atoms with Crippen LogP contribution >= 0.6 is 0 Å². The molecule has 0 saturated heterocycles. The van der Waals surface area contributed by atoms with Gasteiger partial charge >= 0.3 is 0 Å². The molecule has 0 aromatic heterocycles. The van der Waals surface area contributed by atoms with Crippen molar-refractivity contribution in [3.05, 3.63) is 118 Å². The summed E-state index contributed by atoms with van der Waals surface area (Å²) in [5.74, 6) is 6.66. The van der Waals surface area contributed by atoms with Crippen molar-refractivity contribution < 1.29 is 15.3 Å². The molecule has 0 aromatic rings. The van der Waals surface area contributed by atoms with E-state index in [1.54, 1.807) is 6.08 Å². The van der Waals surface area contributed by atoms with E-state index in [2.05, 4.69) is 70.8 Å². The Hall–Kier alpha value is -3.16. The molecule has 0 radical (unpaired) electrons. The summed E-state index contributed by atoms with van der Waals surface area (Å²) in [5, 5.41) is 31.5. The van der Waals surface area contributed by atoms with Crippen LogP contribution in [0.4, 0.5) is 0 Å². The predicted molar refractivity (Wildman–Crippen MR) is 184 cm³/mol. The van der Waals surface area contributed by atoms with Gasteiger partial charge in [-0.15, -0.1) is 0 Å². The smallest absolute Gasteiger partial charge is 0.109 e. The van der Waals surface area contributed by atoms with Crippen LogP contribution in [0.1, 0.15) is 88.5 Å². The van der Waals surface area contributed by atoms with E-state index in [0.717, 1.165) is 39.9 Å². The lowest BCUT2D eigenvalue weighted by atomic mass is 9.64. The molecule has 0 heterocycles. The standard InChI is InChI=1S/C40H54O3/c1-29(17-13-19-31(3)21-22-37-33(5)25-35(41)27-38(37,7)8)15-11-12-16-30(2)18-14-20-32(4)23-24-40(43)34(6)26-36(42)28-39(40,9)10/h11-20,23-24,26,35-36,41-43H,25,27-28H2,1-10H3/b12-11+,17-13+,18-14+,24-23+,29-15+,30-16+,31-19+,32-20+/t35-,36+,40-/m1/s1. The zero-order chi connectivity index (χ0) is 32.4. The van der Waals surface area contributed by atoms with Gasteiger partial charge in [0.15, 0.2) is 0 Å². The summed E-state index contributed by atoms with van der Waals surface area (Å²) in [6.45, 7) is 20.4. The highest BCUT2D eigenvalue weighted by atomic mass is 16.3. The fourth-order valence-corrected chi connectivity index (χ4v) is 5.85. The fraction of sp³-hybridized carbons (Fsp3) is 0.450. The summed E-state index contributed by atoms with van der Waals surface area (Å²) >= 11 is 0. The largest absolute Gasteiger partial charge is 0.393 e. The molecule has 0 fully saturated rings. The first kappa shape index (κ1) is 36.0. The molecule has 0 spiro atoms. The number of rotatable bonds is 8. The Morgan fingerprint density at radius 3 is 1.88 bits per heavy atom. The minimum atomic E-state index is -1.08. The molecule has 3 nitrogen and oxygen atoms in total. The topological polar surface area (TPSA) is 60.7 Å². The lowest BCUT2D eigenvalue weighted by Crippen LogP contribution is -2.48. The maximum absolute atomic E-state index is 11.3. The van der Waals surface area contributed by atoms with Gasteiger partial charge in [0.25, 0.3) is 0 Å². The van der Waals surface area contributed by atoms with Crippen LogP contribution < -0.4 is 0 Å². The molecule has 43 heavy (non-hydrogen) atoms. The van der Waals surface area contributed by atoms with Gasteiger partial charge in [0.05, 0.1) is 12.2 Å². The first-order valence-corrected chi connectivity index (χ1v) is 15.4. The molecule has 2 aliphatic rings. The lowest BCUT2D eigenvalue weighted by molar-refractivity contribution is -0.0292. The van der Waals surface area contributed by atoms with Gasteiger partial charge in [-0.2, -0.15) is 0 Å². The van der Waals surface area contributed by atoms with E-state index in [4.69, 9.17) is 0 Å². The molecule has 2 aliphatic carbocycles. The van der Waals surface area contributed by atoms with Crippen molar-refractivity contribution in [2.24, 2.45) is 10.8 Å². The summed E-state index contributed by atoms with van der Waals surface area (Å²) in [6.07, 6.45) is 27.2. The van der Waals surface area contributed by atoms with Crippen LogP contribution in [0.25, 0.3) is 0 Å². The third-order valence-electron chi connectivity index (χ3n) is 8.41. The van der Waals surface area contributed by atoms with E-state index in [0.29, 0.717) is 12.8 Å². The van der Waals surface area contributed by atoms with E-state index in [1.165, 1.54) is 5.57 Å². The summed E-state index contributed by atoms with van der Waals surface area (Å²) in [7, 11) is 0. The second kappa shape index (κ2) is 15.5. The molecule has 0 aliphatic heterocycles. The molecular formula is C40H54O3. The zero-order valence-electron chi connectivity index (χ0n) is 28.1. The maximum atomic E-state index is 11.3. The number of aliphatic hydroxyl groups excluding tert-OH is 2. The van der Waals surface area contributed by atoms with Gasteiger partial charge in [-0.05, 0) is 78.0 Å². The lowest BCUT2D eigenvalue weighted by Gasteiger charge is -2.46. The zero-order valence-corrected chi connectivity index (χ0v) is 28.1. The maximum Gasteiger partial charge on any atom is 0.109 e. The second-order valence-corrected chi connectivity index (χ2v) is 13.6. The van der Waals surface area contributed by atoms with Crippen LogP contribution in [-0.2, 0) is 0 Å². The van der Waals surface area contributed by atoms with Gasteiger partial charge in [0.2, 0.25) is 0 Å². The molecule has 0 unspecified atom stereocenters. The van der Waals surface area contributed by atoms with E-state index in [-0.39, 0.29) is 11.5 Å². The van der Waals surface area contributed by atoms with E-state index >= 15 is 0 Å². The Labute approximate surface area is 261 Å². The van der Waals surface area contributed by atoms with Crippen molar-refractivity contribution in [3.8, 4) is 11.8 Å².